The molecular formula is C10H9N3O. The van der Waals surface area contributed by atoms with Crippen molar-refractivity contribution in [3.05, 3.63) is 36.0 Å². The van der Waals surface area contributed by atoms with Gasteiger partial charge in [0.05, 0.1) is 17.4 Å². The van der Waals surface area contributed by atoms with Gasteiger partial charge in [-0.25, -0.2) is 0 Å². The summed E-state index contributed by atoms with van der Waals surface area (Å²) in [5, 5.41) is 12.2. The van der Waals surface area contributed by atoms with Crippen LogP contribution in [0.3, 0.4) is 0 Å². The van der Waals surface area contributed by atoms with Gasteiger partial charge in [0.1, 0.15) is 0 Å². The molecule has 1 heterocycles. The van der Waals surface area contributed by atoms with Crippen LogP contribution in [0.25, 0.3) is 10.9 Å². The van der Waals surface area contributed by atoms with Gasteiger partial charge in [-0.05, 0) is 6.07 Å². The molecule has 1 aromatic carbocycles. The molecule has 0 radical (unpaired) electrons. The molecule has 0 aliphatic heterocycles. The maximum absolute atomic E-state index is 8.40. The number of hydrogen-bond acceptors (Lipinski definition) is 4. The zero-order valence-electron chi connectivity index (χ0n) is 7.38. The summed E-state index contributed by atoms with van der Waals surface area (Å²) in [6.45, 7) is 0. The fourth-order valence-electron chi connectivity index (χ4n) is 1.34. The average molecular weight is 187 g/mol. The van der Waals surface area contributed by atoms with Crippen LogP contribution in [0.5, 0.6) is 0 Å². The predicted octanol–water partition coefficient (Wildman–Crippen LogP) is 1.63. The van der Waals surface area contributed by atoms with Crippen molar-refractivity contribution in [2.24, 2.45) is 5.16 Å². The summed E-state index contributed by atoms with van der Waals surface area (Å²) in [6, 6.07) is 7.55. The number of para-hydroxylation sites is 1. The molecule has 2 aromatic rings. The van der Waals surface area contributed by atoms with E-state index in [-0.39, 0.29) is 0 Å². The van der Waals surface area contributed by atoms with Crippen molar-refractivity contribution in [1.82, 2.24) is 4.98 Å². The largest absolute Gasteiger partial charge is 0.411 e. The molecule has 70 valence electrons. The maximum Gasteiger partial charge on any atom is 0.0770 e. The number of aromatic nitrogens is 1. The number of nitrogens with zero attached hydrogens (tertiary/aromatic N) is 2. The zero-order valence-corrected chi connectivity index (χ0v) is 7.38. The van der Waals surface area contributed by atoms with Gasteiger partial charge in [0.2, 0.25) is 0 Å². The quantitative estimate of drug-likeness (QED) is 0.405. The standard InChI is InChI=1S/C10H9N3O/c11-10-7(6-13-14)5-12-9-4-2-1-3-8(9)10/h1-6,14H,(H2,11,12)/b13-6+. The smallest absolute Gasteiger partial charge is 0.0770 e. The van der Waals surface area contributed by atoms with Crippen LogP contribution in [0.1, 0.15) is 5.56 Å². The second kappa shape index (κ2) is 3.33. The number of pyridine rings is 1. The van der Waals surface area contributed by atoms with E-state index in [2.05, 4.69) is 10.1 Å². The fraction of sp³-hybridized carbons (Fsp3) is 0. The Morgan fingerprint density at radius 1 is 1.36 bits per heavy atom. The average Bonchev–Trinajstić information content (AvgIpc) is 2.23. The molecule has 0 unspecified atom stereocenters. The van der Waals surface area contributed by atoms with Crippen LogP contribution in [0, 0.1) is 0 Å². The molecule has 3 N–H and O–H groups in total. The van der Waals surface area contributed by atoms with Crippen LogP contribution in [0.15, 0.2) is 35.6 Å². The van der Waals surface area contributed by atoms with E-state index in [9.17, 15) is 0 Å². The summed E-state index contributed by atoms with van der Waals surface area (Å²) in [7, 11) is 0. The lowest BCUT2D eigenvalue weighted by Gasteiger charge is -2.03. The fourth-order valence-corrected chi connectivity index (χ4v) is 1.34. The molecule has 0 spiro atoms. The maximum atomic E-state index is 8.40. The molecule has 0 bridgehead atoms. The molecule has 0 fully saturated rings. The van der Waals surface area contributed by atoms with Gasteiger partial charge in [0, 0.05) is 17.1 Å². The number of nitrogen functional groups attached to an aromatic ring is 1. The lowest BCUT2D eigenvalue weighted by atomic mass is 10.1. The Hall–Kier alpha value is -2.10. The lowest BCUT2D eigenvalue weighted by Crippen LogP contribution is -1.96. The van der Waals surface area contributed by atoms with E-state index >= 15 is 0 Å². The van der Waals surface area contributed by atoms with E-state index in [1.807, 2.05) is 24.3 Å². The molecule has 1 aromatic heterocycles. The Balaban J connectivity index is 2.75. The number of hydrogen-bond donors (Lipinski definition) is 2. The van der Waals surface area contributed by atoms with Crippen molar-refractivity contribution in [1.29, 1.82) is 0 Å². The van der Waals surface area contributed by atoms with Crippen molar-refractivity contribution < 1.29 is 5.21 Å². The molecule has 0 saturated carbocycles. The summed E-state index contributed by atoms with van der Waals surface area (Å²) >= 11 is 0. The summed E-state index contributed by atoms with van der Waals surface area (Å²) in [5.41, 5.74) is 7.89. The Kier molecular flexibility index (Phi) is 2.02. The van der Waals surface area contributed by atoms with E-state index < -0.39 is 0 Å². The predicted molar refractivity (Wildman–Crippen MR) is 55.5 cm³/mol. The summed E-state index contributed by atoms with van der Waals surface area (Å²) in [5.74, 6) is 0. The highest BCUT2D eigenvalue weighted by Gasteiger charge is 2.02. The van der Waals surface area contributed by atoms with Crippen LogP contribution < -0.4 is 5.73 Å². The van der Waals surface area contributed by atoms with Crippen molar-refractivity contribution in [3.63, 3.8) is 0 Å². The Morgan fingerprint density at radius 3 is 2.93 bits per heavy atom. The van der Waals surface area contributed by atoms with Crippen molar-refractivity contribution in [3.8, 4) is 0 Å². The van der Waals surface area contributed by atoms with Crippen molar-refractivity contribution in [2.75, 3.05) is 5.73 Å². The van der Waals surface area contributed by atoms with Crippen LogP contribution in [-0.4, -0.2) is 16.4 Å². The van der Waals surface area contributed by atoms with Crippen LogP contribution in [0.4, 0.5) is 5.69 Å². The molecule has 0 saturated heterocycles. The third kappa shape index (κ3) is 1.26. The van der Waals surface area contributed by atoms with Gasteiger partial charge in [-0.1, -0.05) is 23.4 Å². The van der Waals surface area contributed by atoms with E-state index in [1.54, 1.807) is 6.20 Å². The highest BCUT2D eigenvalue weighted by Crippen LogP contribution is 2.21. The minimum atomic E-state index is 0.577. The van der Waals surface area contributed by atoms with Crippen LogP contribution in [-0.2, 0) is 0 Å². The molecule has 0 atom stereocenters. The van der Waals surface area contributed by atoms with Gasteiger partial charge in [-0.3, -0.25) is 4.98 Å². The number of rotatable bonds is 1. The van der Waals surface area contributed by atoms with E-state index in [0.717, 1.165) is 10.9 Å². The van der Waals surface area contributed by atoms with Crippen LogP contribution >= 0.6 is 0 Å². The van der Waals surface area contributed by atoms with Crippen LogP contribution in [0.2, 0.25) is 0 Å². The first-order valence-electron chi connectivity index (χ1n) is 4.13. The number of benzene rings is 1. The van der Waals surface area contributed by atoms with Gasteiger partial charge in [0.25, 0.3) is 0 Å². The first-order chi connectivity index (χ1) is 6.83. The Labute approximate surface area is 80.7 Å². The molecule has 2 rings (SSSR count). The first kappa shape index (κ1) is 8.50. The molecule has 4 nitrogen and oxygen atoms in total. The van der Waals surface area contributed by atoms with E-state index in [1.165, 1.54) is 6.21 Å². The zero-order chi connectivity index (χ0) is 9.97. The minimum Gasteiger partial charge on any atom is -0.411 e. The van der Waals surface area contributed by atoms with Gasteiger partial charge in [-0.15, -0.1) is 0 Å². The lowest BCUT2D eigenvalue weighted by molar-refractivity contribution is 0.322. The normalized spacial score (nSPS) is 11.1. The van der Waals surface area contributed by atoms with Crippen molar-refractivity contribution in [2.45, 2.75) is 0 Å². The summed E-state index contributed by atoms with van der Waals surface area (Å²) < 4.78 is 0. The second-order valence-electron chi connectivity index (χ2n) is 2.89. The van der Waals surface area contributed by atoms with Gasteiger partial charge >= 0.3 is 0 Å². The Morgan fingerprint density at radius 2 is 2.14 bits per heavy atom. The molecule has 14 heavy (non-hydrogen) atoms. The van der Waals surface area contributed by atoms with Gasteiger partial charge in [-0.2, -0.15) is 0 Å². The monoisotopic (exact) mass is 187 g/mol. The third-order valence-corrected chi connectivity index (χ3v) is 2.04. The summed E-state index contributed by atoms with van der Waals surface area (Å²) in [6.07, 6.45) is 2.85. The minimum absolute atomic E-state index is 0.577. The molecular weight excluding hydrogens is 178 g/mol. The highest BCUT2D eigenvalue weighted by atomic mass is 16.4. The molecule has 0 amide bonds. The van der Waals surface area contributed by atoms with E-state index in [4.69, 9.17) is 10.9 Å². The van der Waals surface area contributed by atoms with Gasteiger partial charge in [0.15, 0.2) is 0 Å². The molecule has 0 aliphatic carbocycles. The SMILES string of the molecule is Nc1c(/C=N/O)cnc2ccccc12. The number of nitrogens with two attached hydrogens (primary N) is 1. The highest BCUT2D eigenvalue weighted by molar-refractivity contribution is 5.99. The second-order valence-corrected chi connectivity index (χ2v) is 2.89. The number of oxime groups is 1. The van der Waals surface area contributed by atoms with Crippen molar-refractivity contribution >= 4 is 22.8 Å². The Bertz CT molecular complexity index is 494. The first-order valence-corrected chi connectivity index (χ1v) is 4.13. The van der Waals surface area contributed by atoms with E-state index in [0.29, 0.717) is 11.3 Å². The summed E-state index contributed by atoms with van der Waals surface area (Å²) in [4.78, 5) is 4.18. The number of fused-ring (bicyclic) bond motifs is 1. The topological polar surface area (TPSA) is 71.5 Å². The number of anilines is 1. The van der Waals surface area contributed by atoms with Gasteiger partial charge < -0.3 is 10.9 Å². The molecule has 4 heteroatoms. The molecule has 0 aliphatic rings. The third-order valence-electron chi connectivity index (χ3n) is 2.04.